The van der Waals surface area contributed by atoms with Crippen molar-refractivity contribution >= 4 is 9.84 Å². The Balaban J connectivity index is 2.26. The lowest BCUT2D eigenvalue weighted by molar-refractivity contribution is 0.593. The number of hydrogen-bond donors (Lipinski definition) is 1. The van der Waals surface area contributed by atoms with Gasteiger partial charge in [-0.2, -0.15) is 0 Å². The van der Waals surface area contributed by atoms with E-state index in [1.807, 2.05) is 31.2 Å². The molecule has 0 saturated heterocycles. The fourth-order valence-electron chi connectivity index (χ4n) is 2.53. The summed E-state index contributed by atoms with van der Waals surface area (Å²) in [6, 6.07) is 8.09. The van der Waals surface area contributed by atoms with Crippen LogP contribution in [0.3, 0.4) is 0 Å². The van der Waals surface area contributed by atoms with Gasteiger partial charge in [0, 0.05) is 11.7 Å². The molecule has 0 amide bonds. The van der Waals surface area contributed by atoms with Crippen molar-refractivity contribution in [2.24, 2.45) is 11.7 Å². The Hall–Kier alpha value is -0.870. The van der Waals surface area contributed by atoms with E-state index < -0.39 is 9.84 Å². The molecule has 1 fully saturated rings. The van der Waals surface area contributed by atoms with E-state index in [4.69, 9.17) is 5.73 Å². The smallest absolute Gasteiger partial charge is 0.153 e. The standard InChI is InChI=1S/C13H19NO2S/c1-3-17(15,16)13-11(8-14)12(13)10-6-4-9(2)5-7-10/h4-7,11-13H,3,8,14H2,1-2H3/t11-,12+,13+/m0/s1. The molecule has 0 aliphatic heterocycles. The molecule has 0 bridgehead atoms. The normalized spacial score (nSPS) is 28.1. The quantitative estimate of drug-likeness (QED) is 0.884. The van der Waals surface area contributed by atoms with Crippen LogP contribution < -0.4 is 5.73 Å². The summed E-state index contributed by atoms with van der Waals surface area (Å²) >= 11 is 0. The van der Waals surface area contributed by atoms with Gasteiger partial charge in [0.15, 0.2) is 9.84 Å². The van der Waals surface area contributed by atoms with Gasteiger partial charge in [0.1, 0.15) is 0 Å². The van der Waals surface area contributed by atoms with Crippen molar-refractivity contribution in [3.8, 4) is 0 Å². The first-order valence-corrected chi connectivity index (χ1v) is 7.71. The van der Waals surface area contributed by atoms with Crippen LogP contribution in [0.2, 0.25) is 0 Å². The number of rotatable bonds is 4. The number of benzene rings is 1. The highest BCUT2D eigenvalue weighted by atomic mass is 32.2. The molecule has 1 aromatic carbocycles. The van der Waals surface area contributed by atoms with Crippen molar-refractivity contribution < 1.29 is 8.42 Å². The molecule has 1 aliphatic carbocycles. The molecule has 2 N–H and O–H groups in total. The lowest BCUT2D eigenvalue weighted by Crippen LogP contribution is -2.15. The van der Waals surface area contributed by atoms with Crippen LogP contribution in [-0.4, -0.2) is 26.0 Å². The van der Waals surface area contributed by atoms with Crippen LogP contribution >= 0.6 is 0 Å². The molecule has 0 heterocycles. The van der Waals surface area contributed by atoms with Gasteiger partial charge in [-0.25, -0.2) is 8.42 Å². The first kappa shape index (κ1) is 12.6. The minimum Gasteiger partial charge on any atom is -0.330 e. The zero-order valence-electron chi connectivity index (χ0n) is 10.3. The molecule has 1 aromatic rings. The van der Waals surface area contributed by atoms with Crippen LogP contribution in [-0.2, 0) is 9.84 Å². The Labute approximate surface area is 103 Å². The second-order valence-electron chi connectivity index (χ2n) is 4.75. The van der Waals surface area contributed by atoms with Crippen LogP contribution in [0.4, 0.5) is 0 Å². The number of hydrogen-bond acceptors (Lipinski definition) is 3. The Morgan fingerprint density at radius 3 is 2.29 bits per heavy atom. The molecule has 3 nitrogen and oxygen atoms in total. The third kappa shape index (κ3) is 2.24. The lowest BCUT2D eigenvalue weighted by atomic mass is 10.1. The molecule has 3 atom stereocenters. The molecule has 1 saturated carbocycles. The summed E-state index contributed by atoms with van der Waals surface area (Å²) in [5.74, 6) is 0.407. The first-order valence-electron chi connectivity index (χ1n) is 5.99. The van der Waals surface area contributed by atoms with Gasteiger partial charge >= 0.3 is 0 Å². The molecule has 17 heavy (non-hydrogen) atoms. The van der Waals surface area contributed by atoms with Gasteiger partial charge in [0.05, 0.1) is 5.25 Å². The Bertz CT molecular complexity index is 493. The van der Waals surface area contributed by atoms with Crippen molar-refractivity contribution in [2.45, 2.75) is 25.0 Å². The van der Waals surface area contributed by atoms with Gasteiger partial charge in [0.25, 0.3) is 0 Å². The first-order chi connectivity index (χ1) is 8.01. The van der Waals surface area contributed by atoms with E-state index in [1.54, 1.807) is 6.92 Å². The van der Waals surface area contributed by atoms with E-state index in [0.717, 1.165) is 5.56 Å². The van der Waals surface area contributed by atoms with Crippen molar-refractivity contribution in [3.63, 3.8) is 0 Å². The van der Waals surface area contributed by atoms with Gasteiger partial charge < -0.3 is 5.73 Å². The summed E-state index contributed by atoms with van der Waals surface area (Å²) in [6.45, 7) is 4.17. The van der Waals surface area contributed by atoms with Crippen LogP contribution in [0, 0.1) is 12.8 Å². The van der Waals surface area contributed by atoms with Crippen molar-refractivity contribution in [1.29, 1.82) is 0 Å². The average molecular weight is 253 g/mol. The summed E-state index contributed by atoms with van der Waals surface area (Å²) in [4.78, 5) is 0. The predicted octanol–water partition coefficient (Wildman–Crippen LogP) is 1.47. The largest absolute Gasteiger partial charge is 0.330 e. The van der Waals surface area contributed by atoms with Crippen LogP contribution in [0.1, 0.15) is 24.0 Å². The zero-order valence-corrected chi connectivity index (χ0v) is 11.1. The highest BCUT2D eigenvalue weighted by Gasteiger charge is 2.56. The Kier molecular flexibility index (Phi) is 3.27. The Morgan fingerprint density at radius 1 is 1.24 bits per heavy atom. The van der Waals surface area contributed by atoms with Crippen molar-refractivity contribution in [2.75, 3.05) is 12.3 Å². The van der Waals surface area contributed by atoms with Gasteiger partial charge in [-0.3, -0.25) is 0 Å². The van der Waals surface area contributed by atoms with Crippen molar-refractivity contribution in [1.82, 2.24) is 0 Å². The highest BCUT2D eigenvalue weighted by Crippen LogP contribution is 2.51. The third-order valence-corrected chi connectivity index (χ3v) is 5.92. The topological polar surface area (TPSA) is 60.2 Å². The predicted molar refractivity (Wildman–Crippen MR) is 69.7 cm³/mol. The van der Waals surface area contributed by atoms with Gasteiger partial charge in [-0.1, -0.05) is 36.8 Å². The molecule has 2 rings (SSSR count). The molecular weight excluding hydrogens is 234 g/mol. The van der Waals surface area contributed by atoms with Crippen LogP contribution in [0.15, 0.2) is 24.3 Å². The summed E-state index contributed by atoms with van der Waals surface area (Å²) in [5.41, 5.74) is 7.96. The van der Waals surface area contributed by atoms with Crippen LogP contribution in [0.5, 0.6) is 0 Å². The molecule has 0 radical (unpaired) electrons. The van der Waals surface area contributed by atoms with E-state index in [2.05, 4.69) is 0 Å². The van der Waals surface area contributed by atoms with E-state index in [1.165, 1.54) is 5.56 Å². The second-order valence-corrected chi connectivity index (χ2v) is 7.20. The third-order valence-electron chi connectivity index (χ3n) is 3.65. The van der Waals surface area contributed by atoms with E-state index >= 15 is 0 Å². The average Bonchev–Trinajstić information content (AvgIpc) is 3.05. The molecule has 0 spiro atoms. The zero-order chi connectivity index (χ0) is 12.6. The fourth-order valence-corrected chi connectivity index (χ4v) is 4.44. The second kappa shape index (κ2) is 4.42. The number of nitrogens with two attached hydrogens (primary N) is 1. The summed E-state index contributed by atoms with van der Waals surface area (Å²) < 4.78 is 23.9. The van der Waals surface area contributed by atoms with Gasteiger partial charge in [-0.15, -0.1) is 0 Å². The van der Waals surface area contributed by atoms with E-state index in [9.17, 15) is 8.42 Å². The summed E-state index contributed by atoms with van der Waals surface area (Å²) in [6.07, 6.45) is 0. The molecule has 0 unspecified atom stereocenters. The molecular formula is C13H19NO2S. The van der Waals surface area contributed by atoms with Gasteiger partial charge in [-0.05, 0) is 24.9 Å². The molecule has 0 aromatic heterocycles. The lowest BCUT2D eigenvalue weighted by Gasteiger charge is -2.01. The fraction of sp³-hybridized carbons (Fsp3) is 0.538. The van der Waals surface area contributed by atoms with E-state index in [-0.39, 0.29) is 22.8 Å². The minimum absolute atomic E-state index is 0.0997. The molecule has 4 heteroatoms. The maximum Gasteiger partial charge on any atom is 0.153 e. The van der Waals surface area contributed by atoms with Gasteiger partial charge in [0.2, 0.25) is 0 Å². The summed E-state index contributed by atoms with van der Waals surface area (Å²) in [5, 5.41) is -0.264. The van der Waals surface area contributed by atoms with E-state index in [0.29, 0.717) is 6.54 Å². The summed E-state index contributed by atoms with van der Waals surface area (Å²) in [7, 11) is -2.97. The highest BCUT2D eigenvalue weighted by molar-refractivity contribution is 7.92. The number of aryl methyl sites for hydroxylation is 1. The van der Waals surface area contributed by atoms with Crippen LogP contribution in [0.25, 0.3) is 0 Å². The Morgan fingerprint density at radius 2 is 1.82 bits per heavy atom. The van der Waals surface area contributed by atoms with Crippen molar-refractivity contribution in [3.05, 3.63) is 35.4 Å². The maximum absolute atomic E-state index is 11.9. The monoisotopic (exact) mass is 253 g/mol. The SMILES string of the molecule is CCS(=O)(=O)[C@@H]1[C@@H](CN)[C@H]1c1ccc(C)cc1. The molecule has 1 aliphatic rings. The minimum atomic E-state index is -2.97. The number of sulfone groups is 1. The maximum atomic E-state index is 11.9. The molecule has 94 valence electrons.